The minimum absolute atomic E-state index is 0.207. The summed E-state index contributed by atoms with van der Waals surface area (Å²) in [6.07, 6.45) is 4.83. The van der Waals surface area contributed by atoms with Crippen LogP contribution in [0.5, 0.6) is 0 Å². The molecule has 4 rings (SSSR count). The summed E-state index contributed by atoms with van der Waals surface area (Å²) in [5, 5.41) is 11.9. The lowest BCUT2D eigenvalue weighted by molar-refractivity contribution is -0.124. The topological polar surface area (TPSA) is 92.1 Å². The Labute approximate surface area is 186 Å². The van der Waals surface area contributed by atoms with Gasteiger partial charge in [-0.1, -0.05) is 48.5 Å². The van der Waals surface area contributed by atoms with Crippen molar-refractivity contribution in [2.24, 2.45) is 0 Å². The second-order valence-electron chi connectivity index (χ2n) is 7.60. The molecule has 1 aliphatic rings. The monoisotopic (exact) mass is 425 g/mol. The molecule has 2 aromatic carbocycles. The van der Waals surface area contributed by atoms with Crippen molar-refractivity contribution in [1.82, 2.24) is 10.3 Å². The summed E-state index contributed by atoms with van der Waals surface area (Å²) in [7, 11) is 0. The van der Waals surface area contributed by atoms with E-state index in [1.54, 1.807) is 0 Å². The van der Waals surface area contributed by atoms with Gasteiger partial charge in [0.05, 0.1) is 29.3 Å². The van der Waals surface area contributed by atoms with Crippen LogP contribution in [0.4, 0.5) is 0 Å². The van der Waals surface area contributed by atoms with E-state index in [-0.39, 0.29) is 19.6 Å². The Morgan fingerprint density at radius 2 is 1.88 bits per heavy atom. The lowest BCUT2D eigenvalue weighted by atomic mass is 9.86. The number of carbonyl (C=O) groups is 2. The Balaban J connectivity index is 1.70. The molecule has 0 aliphatic heterocycles. The SMILES string of the molecule is N#CCCNC(=O)COC(=O)c1c2c(nc3ccccc13)/C(=C\c1ccccc1)CCC2. The van der Waals surface area contributed by atoms with Gasteiger partial charge in [-0.15, -0.1) is 0 Å². The third kappa shape index (κ3) is 4.68. The maximum absolute atomic E-state index is 13.1. The number of carbonyl (C=O) groups excluding carboxylic acids is 2. The molecule has 0 unspecified atom stereocenters. The van der Waals surface area contributed by atoms with Crippen LogP contribution in [0.1, 0.15) is 46.4 Å². The van der Waals surface area contributed by atoms with E-state index >= 15 is 0 Å². The van der Waals surface area contributed by atoms with Crippen LogP contribution < -0.4 is 5.32 Å². The van der Waals surface area contributed by atoms with Crippen LogP contribution in [0.15, 0.2) is 54.6 Å². The van der Waals surface area contributed by atoms with Gasteiger partial charge >= 0.3 is 5.97 Å². The fourth-order valence-electron chi connectivity index (χ4n) is 3.97. The molecule has 160 valence electrons. The van der Waals surface area contributed by atoms with Gasteiger partial charge in [0.15, 0.2) is 6.61 Å². The number of esters is 1. The number of para-hydroxylation sites is 1. The Morgan fingerprint density at radius 1 is 1.09 bits per heavy atom. The number of hydrogen-bond donors (Lipinski definition) is 1. The predicted octanol–water partition coefficient (Wildman–Crippen LogP) is 4.30. The van der Waals surface area contributed by atoms with E-state index in [9.17, 15) is 9.59 Å². The van der Waals surface area contributed by atoms with Crippen molar-refractivity contribution in [3.8, 4) is 6.07 Å². The Kier molecular flexibility index (Phi) is 6.57. The molecular formula is C26H23N3O3. The van der Waals surface area contributed by atoms with Gasteiger partial charge in [-0.05, 0) is 48.1 Å². The van der Waals surface area contributed by atoms with E-state index in [0.717, 1.165) is 52.6 Å². The fourth-order valence-corrected chi connectivity index (χ4v) is 3.97. The largest absolute Gasteiger partial charge is 0.452 e. The lowest BCUT2D eigenvalue weighted by Gasteiger charge is -2.22. The second-order valence-corrected chi connectivity index (χ2v) is 7.60. The highest BCUT2D eigenvalue weighted by molar-refractivity contribution is 6.07. The van der Waals surface area contributed by atoms with Gasteiger partial charge in [-0.3, -0.25) is 4.79 Å². The van der Waals surface area contributed by atoms with Gasteiger partial charge in [0.25, 0.3) is 5.91 Å². The summed E-state index contributed by atoms with van der Waals surface area (Å²) < 4.78 is 5.37. The zero-order valence-corrected chi connectivity index (χ0v) is 17.6. The van der Waals surface area contributed by atoms with E-state index in [1.165, 1.54) is 0 Å². The van der Waals surface area contributed by atoms with Gasteiger partial charge in [-0.2, -0.15) is 5.26 Å². The molecule has 1 aromatic heterocycles. The Hall–Kier alpha value is -3.98. The number of rotatable bonds is 6. The molecule has 1 amide bonds. The third-order valence-electron chi connectivity index (χ3n) is 5.41. The van der Waals surface area contributed by atoms with Crippen molar-refractivity contribution in [1.29, 1.82) is 5.26 Å². The molecule has 6 heteroatoms. The number of hydrogen-bond acceptors (Lipinski definition) is 5. The van der Waals surface area contributed by atoms with Crippen LogP contribution in [0, 0.1) is 11.3 Å². The smallest absolute Gasteiger partial charge is 0.339 e. The van der Waals surface area contributed by atoms with Crippen molar-refractivity contribution in [3.63, 3.8) is 0 Å². The molecule has 0 atom stereocenters. The molecule has 1 heterocycles. The Bertz CT molecular complexity index is 1230. The summed E-state index contributed by atoms with van der Waals surface area (Å²) in [6, 6.07) is 19.5. The number of allylic oxidation sites excluding steroid dienone is 1. The van der Waals surface area contributed by atoms with Crippen LogP contribution >= 0.6 is 0 Å². The Morgan fingerprint density at radius 3 is 2.69 bits per heavy atom. The van der Waals surface area contributed by atoms with Crippen LogP contribution in [0.3, 0.4) is 0 Å². The van der Waals surface area contributed by atoms with Crippen molar-refractivity contribution in [2.75, 3.05) is 13.2 Å². The van der Waals surface area contributed by atoms with Crippen molar-refractivity contribution >= 4 is 34.4 Å². The van der Waals surface area contributed by atoms with E-state index in [1.807, 2.05) is 60.7 Å². The fraction of sp³-hybridized carbons (Fsp3) is 0.231. The van der Waals surface area contributed by atoms with Crippen LogP contribution in [-0.2, 0) is 16.0 Å². The van der Waals surface area contributed by atoms with Crippen LogP contribution in [-0.4, -0.2) is 30.0 Å². The van der Waals surface area contributed by atoms with Crippen molar-refractivity contribution in [2.45, 2.75) is 25.7 Å². The first kappa shape index (κ1) is 21.3. The number of pyridine rings is 1. The molecule has 0 radical (unpaired) electrons. The average Bonchev–Trinajstić information content (AvgIpc) is 2.82. The zero-order chi connectivity index (χ0) is 22.3. The second kappa shape index (κ2) is 9.88. The molecule has 0 saturated heterocycles. The molecule has 0 fully saturated rings. The van der Waals surface area contributed by atoms with Crippen LogP contribution in [0.2, 0.25) is 0 Å². The number of aromatic nitrogens is 1. The number of nitrogens with zero attached hydrogens (tertiary/aromatic N) is 2. The summed E-state index contributed by atoms with van der Waals surface area (Å²) in [5.74, 6) is -0.957. The van der Waals surface area contributed by atoms with Crippen molar-refractivity contribution < 1.29 is 14.3 Å². The highest BCUT2D eigenvalue weighted by atomic mass is 16.5. The highest BCUT2D eigenvalue weighted by Crippen LogP contribution is 2.36. The molecule has 6 nitrogen and oxygen atoms in total. The number of fused-ring (bicyclic) bond motifs is 2. The average molecular weight is 425 g/mol. The molecule has 0 spiro atoms. The van der Waals surface area contributed by atoms with E-state index in [4.69, 9.17) is 15.0 Å². The minimum Gasteiger partial charge on any atom is -0.452 e. The van der Waals surface area contributed by atoms with Gasteiger partial charge in [0.2, 0.25) is 0 Å². The molecule has 0 saturated carbocycles. The van der Waals surface area contributed by atoms with Gasteiger partial charge in [0.1, 0.15) is 0 Å². The number of ether oxygens (including phenoxy) is 1. The number of benzene rings is 2. The van der Waals surface area contributed by atoms with E-state index in [0.29, 0.717) is 5.56 Å². The quantitative estimate of drug-likeness (QED) is 0.470. The van der Waals surface area contributed by atoms with E-state index < -0.39 is 11.9 Å². The molecule has 1 N–H and O–H groups in total. The summed E-state index contributed by atoms with van der Waals surface area (Å²) in [4.78, 5) is 30.0. The van der Waals surface area contributed by atoms with Crippen molar-refractivity contribution in [3.05, 3.63) is 77.0 Å². The zero-order valence-electron chi connectivity index (χ0n) is 17.6. The number of nitriles is 1. The standard InChI is InChI=1S/C26H23N3O3/c27-14-7-15-28-23(30)17-32-26(31)24-20-11-4-5-13-22(20)29-25-19(10-6-12-21(24)25)16-18-8-2-1-3-9-18/h1-5,8-9,11,13,16H,6-7,10,12,15,17H2,(H,28,30)/b19-16-. The molecular weight excluding hydrogens is 402 g/mol. The molecule has 32 heavy (non-hydrogen) atoms. The highest BCUT2D eigenvalue weighted by Gasteiger charge is 2.26. The summed E-state index contributed by atoms with van der Waals surface area (Å²) >= 11 is 0. The normalized spacial score (nSPS) is 13.9. The first-order valence-corrected chi connectivity index (χ1v) is 10.7. The number of amides is 1. The molecule has 3 aromatic rings. The maximum atomic E-state index is 13.1. The van der Waals surface area contributed by atoms with Gasteiger partial charge in [-0.25, -0.2) is 9.78 Å². The first-order chi connectivity index (χ1) is 15.7. The third-order valence-corrected chi connectivity index (χ3v) is 5.41. The predicted molar refractivity (Wildman–Crippen MR) is 123 cm³/mol. The van der Waals surface area contributed by atoms with Gasteiger partial charge in [0, 0.05) is 11.9 Å². The van der Waals surface area contributed by atoms with Gasteiger partial charge < -0.3 is 10.1 Å². The maximum Gasteiger partial charge on any atom is 0.339 e. The summed E-state index contributed by atoms with van der Waals surface area (Å²) in [6.45, 7) is -0.156. The lowest BCUT2D eigenvalue weighted by Crippen LogP contribution is -2.29. The number of nitrogens with one attached hydrogen (secondary N) is 1. The summed E-state index contributed by atoms with van der Waals surface area (Å²) in [5.41, 5.74) is 5.07. The molecule has 0 bridgehead atoms. The van der Waals surface area contributed by atoms with E-state index in [2.05, 4.69) is 11.4 Å². The first-order valence-electron chi connectivity index (χ1n) is 10.7. The van der Waals surface area contributed by atoms with Crippen LogP contribution in [0.25, 0.3) is 22.6 Å². The minimum atomic E-state index is -0.531. The molecule has 1 aliphatic carbocycles.